The molecule has 158 valence electrons. The van der Waals surface area contributed by atoms with Gasteiger partial charge in [0.2, 0.25) is 10.0 Å². The van der Waals surface area contributed by atoms with Crippen LogP contribution in [-0.2, 0) is 16.6 Å². The first-order valence-corrected chi connectivity index (χ1v) is 12.0. The summed E-state index contributed by atoms with van der Waals surface area (Å²) in [6.45, 7) is 0.157. The zero-order chi connectivity index (χ0) is 21.4. The van der Waals surface area contributed by atoms with Gasteiger partial charge in [0.05, 0.1) is 39.8 Å². The first-order chi connectivity index (χ1) is 15.0. The Hall–Kier alpha value is -3.31. The molecule has 4 heterocycles. The minimum Gasteiger partial charge on any atom is -0.344 e. The fourth-order valence-corrected chi connectivity index (χ4v) is 5.28. The van der Waals surface area contributed by atoms with Crippen molar-refractivity contribution >= 4 is 38.5 Å². The Morgan fingerprint density at radius 3 is 2.90 bits per heavy atom. The van der Waals surface area contributed by atoms with Gasteiger partial charge >= 0.3 is 0 Å². The number of hydrogen-bond acceptors (Lipinski definition) is 7. The number of hydrogen-bond donors (Lipinski definition) is 2. The summed E-state index contributed by atoms with van der Waals surface area (Å²) in [6, 6.07) is 9.06. The molecule has 0 saturated heterocycles. The van der Waals surface area contributed by atoms with Crippen molar-refractivity contribution in [3.8, 4) is 10.4 Å². The topological polar surface area (TPSA) is 118 Å². The number of anilines is 1. The SMILES string of the molecule is O=C(NCc1cc(NS(=O)(=O)C2CC2)ccn1)c1ncc(-c2cnn3cccc3c2)s1. The number of rotatable bonds is 7. The molecule has 4 aromatic rings. The van der Waals surface area contributed by atoms with E-state index in [1.807, 2.05) is 24.4 Å². The lowest BCUT2D eigenvalue weighted by atomic mass is 10.2. The van der Waals surface area contributed by atoms with Gasteiger partial charge < -0.3 is 5.32 Å². The molecule has 0 aliphatic heterocycles. The van der Waals surface area contributed by atoms with E-state index in [2.05, 4.69) is 25.1 Å². The monoisotopic (exact) mass is 454 g/mol. The van der Waals surface area contributed by atoms with Gasteiger partial charge in [-0.3, -0.25) is 14.5 Å². The van der Waals surface area contributed by atoms with Crippen molar-refractivity contribution in [3.63, 3.8) is 0 Å². The number of aromatic nitrogens is 4. The van der Waals surface area contributed by atoms with Crippen LogP contribution in [0, 0.1) is 0 Å². The highest BCUT2D eigenvalue weighted by Crippen LogP contribution is 2.30. The van der Waals surface area contributed by atoms with E-state index < -0.39 is 10.0 Å². The van der Waals surface area contributed by atoms with Gasteiger partial charge in [0, 0.05) is 24.2 Å². The summed E-state index contributed by atoms with van der Waals surface area (Å²) in [6.07, 6.45) is 8.15. The van der Waals surface area contributed by atoms with E-state index in [1.54, 1.807) is 29.0 Å². The molecule has 0 bridgehead atoms. The van der Waals surface area contributed by atoms with Gasteiger partial charge in [0.1, 0.15) is 0 Å². The molecule has 5 rings (SSSR count). The van der Waals surface area contributed by atoms with Gasteiger partial charge in [-0.1, -0.05) is 0 Å². The maximum Gasteiger partial charge on any atom is 0.280 e. The lowest BCUT2D eigenvalue weighted by molar-refractivity contribution is 0.0950. The number of carbonyl (C=O) groups is 1. The first kappa shape index (κ1) is 19.6. The molecular formula is C20H18N6O3S2. The molecule has 0 spiro atoms. The Morgan fingerprint density at radius 1 is 1.19 bits per heavy atom. The third kappa shape index (κ3) is 4.28. The smallest absolute Gasteiger partial charge is 0.280 e. The molecule has 1 saturated carbocycles. The van der Waals surface area contributed by atoms with Crippen LogP contribution in [0.25, 0.3) is 16.0 Å². The quantitative estimate of drug-likeness (QED) is 0.443. The van der Waals surface area contributed by atoms with Crippen molar-refractivity contribution in [2.45, 2.75) is 24.6 Å². The highest BCUT2D eigenvalue weighted by molar-refractivity contribution is 7.93. The number of amides is 1. The Kier molecular flexibility index (Phi) is 4.91. The van der Waals surface area contributed by atoms with E-state index in [0.717, 1.165) is 16.0 Å². The second kappa shape index (κ2) is 7.75. The van der Waals surface area contributed by atoms with Gasteiger partial charge in [0.25, 0.3) is 5.91 Å². The number of carbonyl (C=O) groups excluding carboxylic acids is 1. The number of fused-ring (bicyclic) bond motifs is 1. The minimum atomic E-state index is -3.34. The average Bonchev–Trinajstić information content (AvgIpc) is 3.33. The summed E-state index contributed by atoms with van der Waals surface area (Å²) in [5.74, 6) is -0.321. The lowest BCUT2D eigenvalue weighted by Gasteiger charge is -2.08. The Morgan fingerprint density at radius 2 is 2.06 bits per heavy atom. The second-order valence-electron chi connectivity index (χ2n) is 7.22. The fourth-order valence-electron chi connectivity index (χ4n) is 3.08. The van der Waals surface area contributed by atoms with Crippen molar-refractivity contribution in [1.82, 2.24) is 24.9 Å². The predicted molar refractivity (Wildman–Crippen MR) is 117 cm³/mol. The van der Waals surface area contributed by atoms with Gasteiger partial charge in [-0.15, -0.1) is 11.3 Å². The maximum atomic E-state index is 12.5. The van der Waals surface area contributed by atoms with Crippen LogP contribution in [0.1, 0.15) is 28.3 Å². The Labute approximate surface area is 182 Å². The van der Waals surface area contributed by atoms with Crippen molar-refractivity contribution in [1.29, 1.82) is 0 Å². The third-order valence-electron chi connectivity index (χ3n) is 4.84. The minimum absolute atomic E-state index is 0.157. The molecule has 4 aromatic heterocycles. The molecule has 2 N–H and O–H groups in total. The molecule has 11 heteroatoms. The van der Waals surface area contributed by atoms with E-state index in [1.165, 1.54) is 17.5 Å². The van der Waals surface area contributed by atoms with E-state index in [4.69, 9.17) is 0 Å². The summed E-state index contributed by atoms with van der Waals surface area (Å²) in [5, 5.41) is 7.13. The number of thiazole rings is 1. The van der Waals surface area contributed by atoms with Crippen molar-refractivity contribution < 1.29 is 13.2 Å². The van der Waals surface area contributed by atoms with E-state index >= 15 is 0 Å². The predicted octanol–water partition coefficient (Wildman–Crippen LogP) is 2.69. The molecule has 9 nitrogen and oxygen atoms in total. The van der Waals surface area contributed by atoms with E-state index in [0.29, 0.717) is 29.2 Å². The lowest BCUT2D eigenvalue weighted by Crippen LogP contribution is -2.23. The van der Waals surface area contributed by atoms with Crippen LogP contribution in [0.5, 0.6) is 0 Å². The van der Waals surface area contributed by atoms with Crippen LogP contribution < -0.4 is 10.0 Å². The Balaban J connectivity index is 1.24. The van der Waals surface area contributed by atoms with Gasteiger partial charge in [-0.05, 0) is 43.2 Å². The summed E-state index contributed by atoms with van der Waals surface area (Å²) in [7, 11) is -3.34. The van der Waals surface area contributed by atoms with Gasteiger partial charge in [-0.2, -0.15) is 5.10 Å². The number of sulfonamides is 1. The average molecular weight is 455 g/mol. The molecule has 1 aliphatic carbocycles. The first-order valence-electron chi connectivity index (χ1n) is 9.62. The van der Waals surface area contributed by atoms with Crippen molar-refractivity contribution in [2.24, 2.45) is 0 Å². The standard InChI is InChI=1S/C20H18N6O3S2/c27-19(20-23-12-18(30-20)13-8-16-2-1-7-26(16)24-10-13)22-11-15-9-14(5-6-21-15)25-31(28,29)17-3-4-17/h1-2,5-10,12,17H,3-4,11H2,(H,21,25)(H,22,27). The van der Waals surface area contributed by atoms with Gasteiger partial charge in [0.15, 0.2) is 5.01 Å². The number of pyridine rings is 1. The fraction of sp³-hybridized carbons (Fsp3) is 0.200. The molecule has 0 radical (unpaired) electrons. The van der Waals surface area contributed by atoms with Crippen LogP contribution in [0.3, 0.4) is 0 Å². The molecule has 0 aromatic carbocycles. The Bertz CT molecular complexity index is 1370. The molecule has 31 heavy (non-hydrogen) atoms. The summed E-state index contributed by atoms with van der Waals surface area (Å²) in [4.78, 5) is 21.8. The molecule has 1 fully saturated rings. The van der Waals surface area contributed by atoms with Crippen LogP contribution >= 0.6 is 11.3 Å². The van der Waals surface area contributed by atoms with Crippen molar-refractivity contribution in [2.75, 3.05) is 4.72 Å². The van der Waals surface area contributed by atoms with E-state index in [9.17, 15) is 13.2 Å². The highest BCUT2D eigenvalue weighted by atomic mass is 32.2. The second-order valence-corrected chi connectivity index (χ2v) is 10.2. The number of nitrogens with zero attached hydrogens (tertiary/aromatic N) is 4. The third-order valence-corrected chi connectivity index (χ3v) is 7.75. The van der Waals surface area contributed by atoms with E-state index in [-0.39, 0.29) is 17.7 Å². The molecule has 0 atom stereocenters. The number of nitrogens with one attached hydrogen (secondary N) is 2. The summed E-state index contributed by atoms with van der Waals surface area (Å²) < 4.78 is 28.5. The highest BCUT2D eigenvalue weighted by Gasteiger charge is 2.35. The summed E-state index contributed by atoms with van der Waals surface area (Å²) >= 11 is 1.28. The zero-order valence-corrected chi connectivity index (χ0v) is 17.9. The van der Waals surface area contributed by atoms with Gasteiger partial charge in [-0.25, -0.2) is 17.9 Å². The largest absolute Gasteiger partial charge is 0.344 e. The molecule has 1 aliphatic rings. The maximum absolute atomic E-state index is 12.5. The van der Waals surface area contributed by atoms with Crippen LogP contribution in [0.15, 0.2) is 55.1 Å². The molecule has 0 unspecified atom stereocenters. The summed E-state index contributed by atoms with van der Waals surface area (Å²) in [5.41, 5.74) is 2.83. The molecular weight excluding hydrogens is 436 g/mol. The molecule has 1 amide bonds. The van der Waals surface area contributed by atoms with Crippen molar-refractivity contribution in [3.05, 3.63) is 65.8 Å². The zero-order valence-electron chi connectivity index (χ0n) is 16.2. The van der Waals surface area contributed by atoms with Crippen LogP contribution in [0.4, 0.5) is 5.69 Å². The van der Waals surface area contributed by atoms with Crippen LogP contribution in [-0.4, -0.2) is 39.2 Å². The van der Waals surface area contributed by atoms with Crippen LogP contribution in [0.2, 0.25) is 0 Å². The normalized spacial score (nSPS) is 13.9.